The van der Waals surface area contributed by atoms with Gasteiger partial charge in [0.25, 0.3) is 5.91 Å². The van der Waals surface area contributed by atoms with Gasteiger partial charge < -0.3 is 14.7 Å². The molecule has 1 saturated heterocycles. The first kappa shape index (κ1) is 17.9. The summed E-state index contributed by atoms with van der Waals surface area (Å²) >= 11 is 0. The molecule has 2 aromatic rings. The zero-order valence-electron chi connectivity index (χ0n) is 14.7. The molecule has 0 radical (unpaired) electrons. The van der Waals surface area contributed by atoms with Crippen LogP contribution in [-0.4, -0.2) is 46.6 Å². The van der Waals surface area contributed by atoms with E-state index in [1.807, 2.05) is 37.3 Å². The molecular weight excluding hydrogens is 332 g/mol. The molecule has 136 valence electrons. The number of hydrogen-bond donors (Lipinski definition) is 1. The molecule has 0 aliphatic carbocycles. The fraction of sp³-hybridized carbons (Fsp3) is 0.350. The van der Waals surface area contributed by atoms with Gasteiger partial charge in [0.05, 0.1) is 17.6 Å². The first-order valence-corrected chi connectivity index (χ1v) is 8.74. The predicted molar refractivity (Wildman–Crippen MR) is 96.3 cm³/mol. The zero-order valence-corrected chi connectivity index (χ0v) is 14.7. The van der Waals surface area contributed by atoms with Gasteiger partial charge >= 0.3 is 5.97 Å². The monoisotopic (exact) mass is 354 g/mol. The van der Waals surface area contributed by atoms with Crippen molar-refractivity contribution in [3.8, 4) is 5.88 Å². The van der Waals surface area contributed by atoms with Crippen molar-refractivity contribution in [2.75, 3.05) is 19.7 Å². The van der Waals surface area contributed by atoms with E-state index in [1.165, 1.54) is 6.20 Å². The van der Waals surface area contributed by atoms with Crippen molar-refractivity contribution in [3.63, 3.8) is 0 Å². The summed E-state index contributed by atoms with van der Waals surface area (Å²) in [4.78, 5) is 30.5. The number of likely N-dealkylation sites (tertiary alicyclic amines) is 1. The lowest BCUT2D eigenvalue weighted by molar-refractivity contribution is -0.145. The Balaban J connectivity index is 1.72. The van der Waals surface area contributed by atoms with Crippen LogP contribution in [0, 0.1) is 0 Å². The molecule has 1 aliphatic rings. The molecule has 2 heterocycles. The van der Waals surface area contributed by atoms with E-state index in [-0.39, 0.29) is 5.91 Å². The lowest BCUT2D eigenvalue weighted by atomic mass is 9.73. The molecule has 1 aromatic carbocycles. The van der Waals surface area contributed by atoms with Crippen LogP contribution in [0.15, 0.2) is 48.7 Å². The van der Waals surface area contributed by atoms with E-state index in [4.69, 9.17) is 4.74 Å². The first-order chi connectivity index (χ1) is 12.6. The van der Waals surface area contributed by atoms with Crippen LogP contribution in [0.3, 0.4) is 0 Å². The molecular formula is C20H22N2O4. The largest absolute Gasteiger partial charge is 0.481 e. The minimum Gasteiger partial charge on any atom is -0.481 e. The molecule has 1 N–H and O–H groups in total. The van der Waals surface area contributed by atoms with Crippen molar-refractivity contribution in [2.45, 2.75) is 25.2 Å². The number of aromatic nitrogens is 1. The topological polar surface area (TPSA) is 79.7 Å². The number of ether oxygens (including phenoxy) is 1. The second-order valence-electron chi connectivity index (χ2n) is 6.36. The van der Waals surface area contributed by atoms with Gasteiger partial charge in [-0.25, -0.2) is 4.98 Å². The molecule has 0 unspecified atom stereocenters. The van der Waals surface area contributed by atoms with E-state index in [9.17, 15) is 14.7 Å². The number of rotatable bonds is 5. The minimum absolute atomic E-state index is 0.132. The fourth-order valence-corrected chi connectivity index (χ4v) is 3.40. The summed E-state index contributed by atoms with van der Waals surface area (Å²) in [7, 11) is 0. The number of carbonyl (C=O) groups excluding carboxylic acids is 1. The minimum atomic E-state index is -0.935. The fourth-order valence-electron chi connectivity index (χ4n) is 3.40. The zero-order chi connectivity index (χ0) is 18.6. The number of piperidine rings is 1. The first-order valence-electron chi connectivity index (χ1n) is 8.74. The Kier molecular flexibility index (Phi) is 5.21. The van der Waals surface area contributed by atoms with Crippen LogP contribution < -0.4 is 4.74 Å². The highest BCUT2D eigenvalue weighted by Gasteiger charge is 2.43. The number of amides is 1. The Morgan fingerprint density at radius 3 is 2.38 bits per heavy atom. The summed E-state index contributed by atoms with van der Waals surface area (Å²) in [6, 6.07) is 12.6. The molecule has 0 spiro atoms. The van der Waals surface area contributed by atoms with Crippen LogP contribution in [0.1, 0.15) is 35.7 Å². The van der Waals surface area contributed by atoms with Crippen LogP contribution in [-0.2, 0) is 10.2 Å². The van der Waals surface area contributed by atoms with Gasteiger partial charge in [0, 0.05) is 25.4 Å². The summed E-state index contributed by atoms with van der Waals surface area (Å²) < 4.78 is 5.29. The third kappa shape index (κ3) is 3.40. The van der Waals surface area contributed by atoms with Gasteiger partial charge in [-0.3, -0.25) is 9.59 Å². The highest BCUT2D eigenvalue weighted by atomic mass is 16.5. The van der Waals surface area contributed by atoms with Crippen molar-refractivity contribution in [1.29, 1.82) is 0 Å². The molecule has 1 fully saturated rings. The Hall–Kier alpha value is -2.89. The lowest BCUT2D eigenvalue weighted by Crippen LogP contribution is -2.49. The molecule has 1 aromatic heterocycles. The average Bonchev–Trinajstić information content (AvgIpc) is 2.69. The summed E-state index contributed by atoms with van der Waals surface area (Å²) in [5, 5.41) is 9.84. The summed E-state index contributed by atoms with van der Waals surface area (Å²) in [6.45, 7) is 3.18. The van der Waals surface area contributed by atoms with Gasteiger partial charge in [0.15, 0.2) is 0 Å². The van der Waals surface area contributed by atoms with Crippen LogP contribution in [0.5, 0.6) is 5.88 Å². The highest BCUT2D eigenvalue weighted by molar-refractivity contribution is 5.94. The third-order valence-electron chi connectivity index (χ3n) is 4.92. The number of benzene rings is 1. The van der Waals surface area contributed by atoms with E-state index < -0.39 is 11.4 Å². The van der Waals surface area contributed by atoms with Gasteiger partial charge in [0.1, 0.15) is 0 Å². The Morgan fingerprint density at radius 2 is 1.85 bits per heavy atom. The molecule has 0 bridgehead atoms. The quantitative estimate of drug-likeness (QED) is 0.893. The SMILES string of the molecule is CCOc1ccc(C(=O)N2CCC(C(=O)O)(c3ccccc3)CC2)cn1. The summed E-state index contributed by atoms with van der Waals surface area (Å²) in [5.74, 6) is -0.484. The van der Waals surface area contributed by atoms with Crippen molar-refractivity contribution >= 4 is 11.9 Å². The highest BCUT2D eigenvalue weighted by Crippen LogP contribution is 2.36. The van der Waals surface area contributed by atoms with Gasteiger partial charge in [0.2, 0.25) is 5.88 Å². The van der Waals surface area contributed by atoms with Crippen LogP contribution in [0.2, 0.25) is 0 Å². The molecule has 6 nitrogen and oxygen atoms in total. The van der Waals surface area contributed by atoms with Crippen LogP contribution in [0.4, 0.5) is 0 Å². The number of aliphatic carboxylic acids is 1. The maximum atomic E-state index is 12.7. The third-order valence-corrected chi connectivity index (χ3v) is 4.92. The van der Waals surface area contributed by atoms with Crippen molar-refractivity contribution in [3.05, 3.63) is 59.8 Å². The van der Waals surface area contributed by atoms with Crippen molar-refractivity contribution in [1.82, 2.24) is 9.88 Å². The Labute approximate surface area is 152 Å². The van der Waals surface area contributed by atoms with Gasteiger partial charge in [-0.05, 0) is 31.4 Å². The van der Waals surface area contributed by atoms with Crippen molar-refractivity contribution in [2.24, 2.45) is 0 Å². The van der Waals surface area contributed by atoms with Crippen molar-refractivity contribution < 1.29 is 19.4 Å². The number of carbonyl (C=O) groups is 2. The maximum Gasteiger partial charge on any atom is 0.314 e. The summed E-state index contributed by atoms with van der Waals surface area (Å²) in [5.41, 5.74) is 0.341. The molecule has 3 rings (SSSR count). The number of pyridine rings is 1. The lowest BCUT2D eigenvalue weighted by Gasteiger charge is -2.39. The Morgan fingerprint density at radius 1 is 1.15 bits per heavy atom. The van der Waals surface area contributed by atoms with Crippen LogP contribution in [0.25, 0.3) is 0 Å². The molecule has 1 aliphatic heterocycles. The number of carboxylic acid groups (broad SMARTS) is 1. The van der Waals surface area contributed by atoms with E-state index in [2.05, 4.69) is 4.98 Å². The average molecular weight is 354 g/mol. The molecule has 0 atom stereocenters. The van der Waals surface area contributed by atoms with E-state index in [0.717, 1.165) is 5.56 Å². The normalized spacial score (nSPS) is 16.1. The van der Waals surface area contributed by atoms with Gasteiger partial charge in [-0.1, -0.05) is 30.3 Å². The molecule has 1 amide bonds. The van der Waals surface area contributed by atoms with E-state index in [1.54, 1.807) is 17.0 Å². The smallest absolute Gasteiger partial charge is 0.314 e. The predicted octanol–water partition coefficient (Wildman–Crippen LogP) is 2.74. The Bertz CT molecular complexity index is 766. The molecule has 6 heteroatoms. The standard InChI is InChI=1S/C20H22N2O4/c1-2-26-17-9-8-15(14-21-17)18(23)22-12-10-20(11-13-22,19(24)25)16-6-4-3-5-7-16/h3-9,14H,2,10-13H2,1H3,(H,24,25). The number of hydrogen-bond acceptors (Lipinski definition) is 4. The maximum absolute atomic E-state index is 12.7. The molecule has 0 saturated carbocycles. The molecule has 26 heavy (non-hydrogen) atoms. The van der Waals surface area contributed by atoms with E-state index in [0.29, 0.717) is 44.0 Å². The van der Waals surface area contributed by atoms with Gasteiger partial charge in [-0.15, -0.1) is 0 Å². The number of carboxylic acids is 1. The second kappa shape index (κ2) is 7.56. The van der Waals surface area contributed by atoms with E-state index >= 15 is 0 Å². The van der Waals surface area contributed by atoms with Gasteiger partial charge in [-0.2, -0.15) is 0 Å². The van der Waals surface area contributed by atoms with Crippen LogP contribution >= 0.6 is 0 Å². The second-order valence-corrected chi connectivity index (χ2v) is 6.36. The number of nitrogens with zero attached hydrogens (tertiary/aromatic N) is 2. The summed E-state index contributed by atoms with van der Waals surface area (Å²) in [6.07, 6.45) is 2.29.